The molecule has 1 aliphatic heterocycles. The van der Waals surface area contributed by atoms with Crippen molar-refractivity contribution >= 4 is 45.9 Å². The molecule has 34 heavy (non-hydrogen) atoms. The molecule has 0 bridgehead atoms. The molecule has 4 aromatic rings. The molecular formula is C26H20ClN5OS. The Hall–Kier alpha value is -3.81. The van der Waals surface area contributed by atoms with E-state index in [-0.39, 0.29) is 11.9 Å². The summed E-state index contributed by atoms with van der Waals surface area (Å²) in [6, 6.07) is 27.3. The van der Waals surface area contributed by atoms with Gasteiger partial charge in [-0.25, -0.2) is 15.4 Å². The van der Waals surface area contributed by atoms with Crippen molar-refractivity contribution in [2.24, 2.45) is 10.2 Å². The lowest BCUT2D eigenvalue weighted by atomic mass is 9.99. The first-order chi connectivity index (χ1) is 16.7. The zero-order valence-corrected chi connectivity index (χ0v) is 19.6. The van der Waals surface area contributed by atoms with Crippen LogP contribution in [-0.2, 0) is 0 Å². The minimum Gasteiger partial charge on any atom is -0.266 e. The Labute approximate surface area is 206 Å². The lowest BCUT2D eigenvalue weighted by Gasteiger charge is -2.21. The third-order valence-electron chi connectivity index (χ3n) is 5.37. The summed E-state index contributed by atoms with van der Waals surface area (Å²) in [4.78, 5) is 17.2. The molecule has 5 rings (SSSR count). The van der Waals surface area contributed by atoms with Crippen LogP contribution in [0.2, 0.25) is 5.02 Å². The van der Waals surface area contributed by atoms with Gasteiger partial charge in [0, 0.05) is 16.8 Å². The summed E-state index contributed by atoms with van der Waals surface area (Å²) in [6.07, 6.45) is 2.31. The molecule has 1 aromatic heterocycles. The minimum atomic E-state index is -0.371. The van der Waals surface area contributed by atoms with Gasteiger partial charge in [-0.1, -0.05) is 84.4 Å². The van der Waals surface area contributed by atoms with Gasteiger partial charge in [-0.15, -0.1) is 11.3 Å². The molecule has 1 atom stereocenters. The van der Waals surface area contributed by atoms with Crippen molar-refractivity contribution in [2.75, 3.05) is 5.01 Å². The number of nitrogens with zero attached hydrogens (tertiary/aromatic N) is 4. The quantitative estimate of drug-likeness (QED) is 0.272. The number of anilines is 1. The minimum absolute atomic E-state index is 0.0503. The van der Waals surface area contributed by atoms with E-state index in [1.807, 2.05) is 89.9 Å². The van der Waals surface area contributed by atoms with E-state index in [0.29, 0.717) is 22.3 Å². The highest BCUT2D eigenvalue weighted by Crippen LogP contribution is 2.38. The molecule has 1 N–H and O–H groups in total. The van der Waals surface area contributed by atoms with Crippen LogP contribution < -0.4 is 10.4 Å². The summed E-state index contributed by atoms with van der Waals surface area (Å²) < 4.78 is 0. The number of aromatic nitrogens is 1. The lowest BCUT2D eigenvalue weighted by Crippen LogP contribution is -2.20. The van der Waals surface area contributed by atoms with Gasteiger partial charge in [-0.2, -0.15) is 10.2 Å². The Kier molecular flexibility index (Phi) is 6.46. The van der Waals surface area contributed by atoms with Gasteiger partial charge < -0.3 is 0 Å². The third-order valence-corrected chi connectivity index (χ3v) is 6.45. The number of benzene rings is 3. The summed E-state index contributed by atoms with van der Waals surface area (Å²) in [5, 5.41) is 13.9. The maximum absolute atomic E-state index is 12.6. The number of rotatable bonds is 6. The number of carbonyl (C=O) groups is 1. The van der Waals surface area contributed by atoms with E-state index in [1.54, 1.807) is 11.6 Å². The largest absolute Gasteiger partial charge is 0.290 e. The lowest BCUT2D eigenvalue weighted by molar-refractivity contribution is 0.0951. The average molecular weight is 486 g/mol. The molecule has 1 aliphatic rings. The van der Waals surface area contributed by atoms with Crippen molar-refractivity contribution in [3.8, 4) is 0 Å². The number of thiazole rings is 1. The molecule has 1 amide bonds. The smallest absolute Gasteiger partial charge is 0.266 e. The maximum Gasteiger partial charge on any atom is 0.290 e. The highest BCUT2D eigenvalue weighted by Gasteiger charge is 2.32. The van der Waals surface area contributed by atoms with Gasteiger partial charge in [0.25, 0.3) is 5.91 Å². The predicted molar refractivity (Wildman–Crippen MR) is 138 cm³/mol. The van der Waals surface area contributed by atoms with Gasteiger partial charge in [0.1, 0.15) is 5.69 Å². The first-order valence-electron chi connectivity index (χ1n) is 10.7. The number of hydrazone groups is 2. The summed E-state index contributed by atoms with van der Waals surface area (Å²) >= 11 is 7.48. The summed E-state index contributed by atoms with van der Waals surface area (Å²) in [6.45, 7) is 0. The molecule has 2 heterocycles. The van der Waals surface area contributed by atoms with Crippen molar-refractivity contribution < 1.29 is 4.79 Å². The number of amides is 1. The van der Waals surface area contributed by atoms with Gasteiger partial charge in [-0.05, 0) is 28.8 Å². The average Bonchev–Trinajstić information content (AvgIpc) is 3.54. The van der Waals surface area contributed by atoms with E-state index in [4.69, 9.17) is 16.7 Å². The van der Waals surface area contributed by atoms with Crippen LogP contribution in [-0.4, -0.2) is 22.8 Å². The molecular weight excluding hydrogens is 466 g/mol. The summed E-state index contributed by atoms with van der Waals surface area (Å²) in [5.74, 6) is -0.371. The van der Waals surface area contributed by atoms with E-state index in [1.165, 1.54) is 11.3 Å². The molecule has 1 unspecified atom stereocenters. The Morgan fingerprint density at radius 2 is 1.74 bits per heavy atom. The van der Waals surface area contributed by atoms with Crippen LogP contribution in [0.3, 0.4) is 0 Å². The molecule has 0 spiro atoms. The van der Waals surface area contributed by atoms with E-state index in [9.17, 15) is 4.79 Å². The fourth-order valence-electron chi connectivity index (χ4n) is 3.67. The molecule has 0 radical (unpaired) electrons. The number of hydrogen-bond donors (Lipinski definition) is 1. The fourth-order valence-corrected chi connectivity index (χ4v) is 4.60. The van der Waals surface area contributed by atoms with Gasteiger partial charge in [0.15, 0.2) is 0 Å². The van der Waals surface area contributed by atoms with E-state index >= 15 is 0 Å². The Balaban J connectivity index is 1.38. The topological polar surface area (TPSA) is 70.0 Å². The van der Waals surface area contributed by atoms with E-state index < -0.39 is 0 Å². The molecule has 0 saturated heterocycles. The molecule has 168 valence electrons. The van der Waals surface area contributed by atoms with Gasteiger partial charge in [0.05, 0.1) is 18.0 Å². The third kappa shape index (κ3) is 4.90. The Morgan fingerprint density at radius 1 is 1.03 bits per heavy atom. The molecule has 0 fully saturated rings. The molecule has 3 aromatic carbocycles. The van der Waals surface area contributed by atoms with Crippen LogP contribution in [0.4, 0.5) is 5.13 Å². The predicted octanol–water partition coefficient (Wildman–Crippen LogP) is 5.92. The number of halogens is 1. The second kappa shape index (κ2) is 9.99. The van der Waals surface area contributed by atoms with Gasteiger partial charge in [0.2, 0.25) is 5.13 Å². The summed E-state index contributed by atoms with van der Waals surface area (Å²) in [7, 11) is 0. The first kappa shape index (κ1) is 22.0. The van der Waals surface area contributed by atoms with E-state index in [0.717, 1.165) is 22.4 Å². The Morgan fingerprint density at radius 3 is 2.47 bits per heavy atom. The molecule has 0 aliphatic carbocycles. The summed E-state index contributed by atoms with van der Waals surface area (Å²) in [5.41, 5.74) is 6.84. The second-order valence-corrected chi connectivity index (χ2v) is 8.93. The highest BCUT2D eigenvalue weighted by molar-refractivity contribution is 7.14. The standard InChI is InChI=1S/C26H20ClN5OS/c27-21-13-11-20(12-14-21)24-15-22(19-9-5-2-6-10-19)31-32(24)26-29-23(17-34-26)25(33)30-28-16-18-7-3-1-4-8-18/h1-14,16-17,24H,15H2,(H,30,33). The first-order valence-corrected chi connectivity index (χ1v) is 11.9. The van der Waals surface area contributed by atoms with Crippen LogP contribution in [0.25, 0.3) is 0 Å². The van der Waals surface area contributed by atoms with Crippen molar-refractivity contribution in [3.05, 3.63) is 118 Å². The van der Waals surface area contributed by atoms with Crippen LogP contribution in [0.1, 0.15) is 39.6 Å². The number of nitrogens with one attached hydrogen (secondary N) is 1. The van der Waals surface area contributed by atoms with Crippen LogP contribution in [0.5, 0.6) is 0 Å². The molecule has 8 heteroatoms. The highest BCUT2D eigenvalue weighted by atomic mass is 35.5. The van der Waals surface area contributed by atoms with Crippen LogP contribution in [0.15, 0.2) is 101 Å². The number of carbonyl (C=O) groups excluding carboxylic acids is 1. The van der Waals surface area contributed by atoms with Gasteiger partial charge in [-0.3, -0.25) is 4.79 Å². The van der Waals surface area contributed by atoms with Crippen molar-refractivity contribution in [3.63, 3.8) is 0 Å². The molecule has 6 nitrogen and oxygen atoms in total. The van der Waals surface area contributed by atoms with Crippen molar-refractivity contribution in [1.29, 1.82) is 0 Å². The maximum atomic E-state index is 12.6. The SMILES string of the molecule is O=C(NN=Cc1ccccc1)c1csc(N2N=C(c3ccccc3)CC2c2ccc(Cl)cc2)n1. The second-order valence-electron chi connectivity index (χ2n) is 7.65. The number of hydrogen-bond acceptors (Lipinski definition) is 6. The Bertz CT molecular complexity index is 1340. The van der Waals surface area contributed by atoms with Crippen LogP contribution >= 0.6 is 22.9 Å². The zero-order chi connectivity index (χ0) is 23.3. The van der Waals surface area contributed by atoms with Crippen molar-refractivity contribution in [1.82, 2.24) is 10.4 Å². The monoisotopic (exact) mass is 485 g/mol. The zero-order valence-electron chi connectivity index (χ0n) is 18.0. The van der Waals surface area contributed by atoms with Crippen LogP contribution in [0, 0.1) is 0 Å². The normalized spacial score (nSPS) is 15.5. The molecule has 0 saturated carbocycles. The fraction of sp³-hybridized carbons (Fsp3) is 0.0769. The van der Waals surface area contributed by atoms with E-state index in [2.05, 4.69) is 15.5 Å². The van der Waals surface area contributed by atoms with Gasteiger partial charge >= 0.3 is 0 Å². The van der Waals surface area contributed by atoms with Crippen molar-refractivity contribution in [2.45, 2.75) is 12.5 Å².